The first-order valence-corrected chi connectivity index (χ1v) is 11.4. The summed E-state index contributed by atoms with van der Waals surface area (Å²) in [6.45, 7) is 4.79. The lowest BCUT2D eigenvalue weighted by Crippen LogP contribution is -2.52. The molecule has 4 fully saturated rings. The van der Waals surface area contributed by atoms with Crippen molar-refractivity contribution in [1.82, 2.24) is 0 Å². The molecule has 150 valence electrons. The molecule has 0 heterocycles. The van der Waals surface area contributed by atoms with Gasteiger partial charge in [-0.25, -0.2) is 4.39 Å². The molecule has 0 unspecified atom stereocenters. The standard InChI is InChI=1S/C26H33FO/c1-25-13-6-5-8-19(25)10-11-20-21(25)12-14-26(2)22(20)16-18(24(26)28)15-17-7-3-4-9-23(17)27/h3-4,7,9,15,19-22H,5-6,8,10-14,16H2,1-2H3/b18-15+/t19-,20+,21-,22+,25+,26+/m1/s1. The number of benzene rings is 1. The normalized spacial score (nSPS) is 44.1. The van der Waals surface area contributed by atoms with E-state index in [0.29, 0.717) is 28.6 Å². The monoisotopic (exact) mass is 380 g/mol. The van der Waals surface area contributed by atoms with Gasteiger partial charge in [0.2, 0.25) is 0 Å². The van der Waals surface area contributed by atoms with Gasteiger partial charge in [-0.2, -0.15) is 0 Å². The van der Waals surface area contributed by atoms with E-state index in [9.17, 15) is 9.18 Å². The van der Waals surface area contributed by atoms with E-state index in [1.807, 2.05) is 12.1 Å². The molecule has 0 N–H and O–H groups in total. The second kappa shape index (κ2) is 6.54. The molecule has 4 aliphatic carbocycles. The molecule has 0 aliphatic heterocycles. The van der Waals surface area contributed by atoms with Crippen LogP contribution in [0.15, 0.2) is 29.8 Å². The van der Waals surface area contributed by atoms with Gasteiger partial charge in [0.1, 0.15) is 5.82 Å². The fourth-order valence-electron chi connectivity index (χ4n) is 7.87. The van der Waals surface area contributed by atoms with Crippen LogP contribution in [0.3, 0.4) is 0 Å². The summed E-state index contributed by atoms with van der Waals surface area (Å²) in [4.78, 5) is 13.4. The van der Waals surface area contributed by atoms with E-state index in [1.165, 1.54) is 51.0 Å². The van der Waals surface area contributed by atoms with E-state index >= 15 is 0 Å². The third-order valence-electron chi connectivity index (χ3n) is 9.46. The molecular weight excluding hydrogens is 347 g/mol. The molecule has 4 saturated carbocycles. The van der Waals surface area contributed by atoms with Crippen LogP contribution in [0.5, 0.6) is 0 Å². The van der Waals surface area contributed by atoms with Gasteiger partial charge in [0.25, 0.3) is 0 Å². The van der Waals surface area contributed by atoms with Gasteiger partial charge in [-0.15, -0.1) is 0 Å². The first kappa shape index (κ1) is 18.6. The van der Waals surface area contributed by atoms with Gasteiger partial charge in [0.05, 0.1) is 0 Å². The van der Waals surface area contributed by atoms with Crippen molar-refractivity contribution in [2.45, 2.75) is 71.6 Å². The molecule has 5 rings (SSSR count). The van der Waals surface area contributed by atoms with Gasteiger partial charge >= 0.3 is 0 Å². The zero-order chi connectivity index (χ0) is 19.5. The Morgan fingerprint density at radius 2 is 1.82 bits per heavy atom. The van der Waals surface area contributed by atoms with Gasteiger partial charge in [-0.1, -0.05) is 44.9 Å². The zero-order valence-corrected chi connectivity index (χ0v) is 17.3. The number of Topliss-reactive ketones (excluding diaryl/α,β-unsaturated/α-hetero) is 1. The highest BCUT2D eigenvalue weighted by Crippen LogP contribution is 2.66. The molecule has 1 nitrogen and oxygen atoms in total. The van der Waals surface area contributed by atoms with E-state index in [1.54, 1.807) is 12.1 Å². The van der Waals surface area contributed by atoms with Crippen LogP contribution in [0, 0.1) is 40.3 Å². The fourth-order valence-corrected chi connectivity index (χ4v) is 7.87. The van der Waals surface area contributed by atoms with Gasteiger partial charge < -0.3 is 0 Å². The van der Waals surface area contributed by atoms with Crippen molar-refractivity contribution >= 4 is 11.9 Å². The van der Waals surface area contributed by atoms with Gasteiger partial charge in [0.15, 0.2) is 5.78 Å². The summed E-state index contributed by atoms with van der Waals surface area (Å²) >= 11 is 0. The number of halogens is 1. The average Bonchev–Trinajstić information content (AvgIpc) is 2.94. The quantitative estimate of drug-likeness (QED) is 0.488. The maximum absolute atomic E-state index is 14.2. The number of hydrogen-bond acceptors (Lipinski definition) is 1. The first-order chi connectivity index (χ1) is 13.4. The molecule has 2 heteroatoms. The molecule has 28 heavy (non-hydrogen) atoms. The molecule has 0 aromatic heterocycles. The van der Waals surface area contributed by atoms with Crippen molar-refractivity contribution in [3.63, 3.8) is 0 Å². The van der Waals surface area contributed by atoms with Crippen LogP contribution in [0.25, 0.3) is 6.08 Å². The Kier molecular flexibility index (Phi) is 4.34. The number of allylic oxidation sites excluding steroid dienone is 1. The highest BCUT2D eigenvalue weighted by Gasteiger charge is 2.60. The Balaban J connectivity index is 1.48. The zero-order valence-electron chi connectivity index (χ0n) is 17.3. The fraction of sp³-hybridized carbons (Fsp3) is 0.654. The molecule has 4 aliphatic rings. The van der Waals surface area contributed by atoms with Crippen molar-refractivity contribution < 1.29 is 9.18 Å². The highest BCUT2D eigenvalue weighted by molar-refractivity contribution is 6.05. The number of hydrogen-bond donors (Lipinski definition) is 0. The summed E-state index contributed by atoms with van der Waals surface area (Å²) < 4.78 is 14.2. The minimum Gasteiger partial charge on any atom is -0.294 e. The summed E-state index contributed by atoms with van der Waals surface area (Å²) in [7, 11) is 0. The van der Waals surface area contributed by atoms with Crippen LogP contribution >= 0.6 is 0 Å². The molecule has 0 bridgehead atoms. The smallest absolute Gasteiger partial charge is 0.165 e. The Morgan fingerprint density at radius 3 is 2.64 bits per heavy atom. The minimum absolute atomic E-state index is 0.226. The SMILES string of the molecule is C[C@]12CCCC[C@@H]1CC[C@H]1[C@H]2CC[C@]2(C)C(=O)/C(=C/c3ccccc3F)C[C@@H]12. The lowest BCUT2D eigenvalue weighted by molar-refractivity contribution is -0.137. The number of fused-ring (bicyclic) bond motifs is 5. The van der Waals surface area contributed by atoms with E-state index in [2.05, 4.69) is 13.8 Å². The van der Waals surface area contributed by atoms with Gasteiger partial charge in [-0.05, 0) is 91.7 Å². The van der Waals surface area contributed by atoms with E-state index in [-0.39, 0.29) is 11.2 Å². The number of carbonyl (C=O) groups excluding carboxylic acids is 1. The summed E-state index contributed by atoms with van der Waals surface area (Å²) in [6, 6.07) is 6.84. The number of rotatable bonds is 1. The predicted molar refractivity (Wildman–Crippen MR) is 111 cm³/mol. The molecule has 0 spiro atoms. The highest BCUT2D eigenvalue weighted by atomic mass is 19.1. The Hall–Kier alpha value is -1.44. The van der Waals surface area contributed by atoms with Crippen molar-refractivity contribution in [3.05, 3.63) is 41.2 Å². The molecule has 0 saturated heterocycles. The average molecular weight is 381 g/mol. The summed E-state index contributed by atoms with van der Waals surface area (Å²) in [6.07, 6.45) is 13.2. The summed E-state index contributed by atoms with van der Waals surface area (Å²) in [5.41, 5.74) is 1.70. The minimum atomic E-state index is -0.226. The van der Waals surface area contributed by atoms with E-state index < -0.39 is 0 Å². The summed E-state index contributed by atoms with van der Waals surface area (Å²) in [5, 5.41) is 0. The molecular formula is C26H33FO. The Morgan fingerprint density at radius 1 is 1.00 bits per heavy atom. The van der Waals surface area contributed by atoms with Crippen molar-refractivity contribution in [2.24, 2.45) is 34.5 Å². The van der Waals surface area contributed by atoms with Crippen LogP contribution in [0.4, 0.5) is 4.39 Å². The van der Waals surface area contributed by atoms with Gasteiger partial charge in [0, 0.05) is 11.0 Å². The van der Waals surface area contributed by atoms with E-state index in [0.717, 1.165) is 30.3 Å². The largest absolute Gasteiger partial charge is 0.294 e. The summed E-state index contributed by atoms with van der Waals surface area (Å²) in [5.74, 6) is 2.89. The van der Waals surface area contributed by atoms with Crippen LogP contribution in [0.2, 0.25) is 0 Å². The predicted octanol–water partition coefficient (Wildman–Crippen LogP) is 6.82. The number of ketones is 1. The topological polar surface area (TPSA) is 17.1 Å². The van der Waals surface area contributed by atoms with Crippen LogP contribution in [-0.2, 0) is 4.79 Å². The Labute approximate surface area is 168 Å². The second-order valence-corrected chi connectivity index (χ2v) is 10.6. The lowest BCUT2D eigenvalue weighted by Gasteiger charge is -2.59. The first-order valence-electron chi connectivity index (χ1n) is 11.4. The van der Waals surface area contributed by atoms with Crippen LogP contribution in [0.1, 0.15) is 77.2 Å². The second-order valence-electron chi connectivity index (χ2n) is 10.6. The third kappa shape index (κ3) is 2.59. The lowest BCUT2D eigenvalue weighted by atomic mass is 9.45. The molecule has 1 aromatic rings. The van der Waals surface area contributed by atoms with E-state index in [4.69, 9.17) is 0 Å². The molecule has 0 amide bonds. The molecule has 0 radical (unpaired) electrons. The maximum Gasteiger partial charge on any atom is 0.165 e. The maximum atomic E-state index is 14.2. The number of carbonyl (C=O) groups is 1. The molecule has 1 aromatic carbocycles. The Bertz CT molecular complexity index is 825. The van der Waals surface area contributed by atoms with Crippen LogP contribution < -0.4 is 0 Å². The molecule has 6 atom stereocenters. The van der Waals surface area contributed by atoms with Crippen molar-refractivity contribution in [3.8, 4) is 0 Å². The van der Waals surface area contributed by atoms with Crippen molar-refractivity contribution in [1.29, 1.82) is 0 Å². The van der Waals surface area contributed by atoms with Crippen LogP contribution in [-0.4, -0.2) is 5.78 Å². The van der Waals surface area contributed by atoms with Gasteiger partial charge in [-0.3, -0.25) is 4.79 Å². The third-order valence-corrected chi connectivity index (χ3v) is 9.46. The van der Waals surface area contributed by atoms with Crippen molar-refractivity contribution in [2.75, 3.05) is 0 Å².